The second-order valence-electron chi connectivity index (χ2n) is 5.98. The fourth-order valence-corrected chi connectivity index (χ4v) is 3.74. The van der Waals surface area contributed by atoms with Crippen molar-refractivity contribution in [2.45, 2.75) is 10.9 Å². The summed E-state index contributed by atoms with van der Waals surface area (Å²) in [5, 5.41) is 7.70. The van der Waals surface area contributed by atoms with Gasteiger partial charge in [-0.3, -0.25) is 14.5 Å². The van der Waals surface area contributed by atoms with E-state index < -0.39 is 0 Å². The molecule has 140 valence electrons. The number of hydrogen-bond donors (Lipinski definition) is 1. The predicted octanol–water partition coefficient (Wildman–Crippen LogP) is 3.19. The lowest BCUT2D eigenvalue weighted by molar-refractivity contribution is 0.0600. The van der Waals surface area contributed by atoms with Crippen molar-refractivity contribution in [2.75, 3.05) is 7.11 Å². The zero-order valence-corrected chi connectivity index (χ0v) is 15.8. The average molecular weight is 392 g/mol. The second-order valence-corrected chi connectivity index (χ2v) is 6.92. The van der Waals surface area contributed by atoms with Crippen molar-refractivity contribution >= 4 is 28.8 Å². The number of thioether (sulfide) groups is 1. The number of nitrogens with zero attached hydrogens (tertiary/aromatic N) is 3. The van der Waals surface area contributed by atoms with E-state index in [-0.39, 0.29) is 11.5 Å². The van der Waals surface area contributed by atoms with Crippen LogP contribution < -0.4 is 5.56 Å². The Morgan fingerprint density at radius 3 is 2.61 bits per heavy atom. The maximum atomic E-state index is 13.0. The van der Waals surface area contributed by atoms with Crippen molar-refractivity contribution in [3.8, 4) is 5.69 Å². The Bertz CT molecular complexity index is 1180. The van der Waals surface area contributed by atoms with Gasteiger partial charge in [0.2, 0.25) is 0 Å². The SMILES string of the molecule is COC(=O)c1ccc(CSc2nc3[nH]ncc3c(=O)n2-c2ccccc2)cc1. The number of aromatic nitrogens is 4. The molecule has 0 spiro atoms. The van der Waals surface area contributed by atoms with Crippen LogP contribution >= 0.6 is 11.8 Å². The van der Waals surface area contributed by atoms with Crippen LogP contribution in [0.1, 0.15) is 15.9 Å². The summed E-state index contributed by atoms with van der Waals surface area (Å²) in [4.78, 5) is 29.1. The molecule has 0 saturated heterocycles. The highest BCUT2D eigenvalue weighted by Gasteiger charge is 2.15. The number of rotatable bonds is 5. The van der Waals surface area contributed by atoms with E-state index >= 15 is 0 Å². The first-order valence-corrected chi connectivity index (χ1v) is 9.47. The minimum absolute atomic E-state index is 0.173. The summed E-state index contributed by atoms with van der Waals surface area (Å²) in [7, 11) is 1.35. The van der Waals surface area contributed by atoms with Gasteiger partial charge >= 0.3 is 5.97 Å². The van der Waals surface area contributed by atoms with Crippen molar-refractivity contribution < 1.29 is 9.53 Å². The molecule has 0 aliphatic rings. The third-order valence-corrected chi connectivity index (χ3v) is 5.22. The van der Waals surface area contributed by atoms with E-state index in [9.17, 15) is 9.59 Å². The molecule has 8 heteroatoms. The molecular formula is C20H16N4O3S. The van der Waals surface area contributed by atoms with E-state index in [1.807, 2.05) is 42.5 Å². The highest BCUT2D eigenvalue weighted by molar-refractivity contribution is 7.98. The van der Waals surface area contributed by atoms with Crippen LogP contribution in [0.15, 0.2) is 70.7 Å². The van der Waals surface area contributed by atoms with E-state index in [1.165, 1.54) is 25.1 Å². The van der Waals surface area contributed by atoms with Crippen molar-refractivity contribution in [3.05, 3.63) is 82.3 Å². The summed E-state index contributed by atoms with van der Waals surface area (Å²) >= 11 is 1.44. The maximum absolute atomic E-state index is 13.0. The van der Waals surface area contributed by atoms with Crippen LogP contribution in [0.2, 0.25) is 0 Å². The fourth-order valence-electron chi connectivity index (χ4n) is 2.78. The lowest BCUT2D eigenvalue weighted by atomic mass is 10.1. The molecule has 0 atom stereocenters. The van der Waals surface area contributed by atoms with Gasteiger partial charge < -0.3 is 4.74 Å². The number of nitrogens with one attached hydrogen (secondary N) is 1. The summed E-state index contributed by atoms with van der Waals surface area (Å²) < 4.78 is 6.30. The molecule has 4 aromatic rings. The van der Waals surface area contributed by atoms with E-state index in [1.54, 1.807) is 16.7 Å². The molecule has 0 saturated carbocycles. The van der Waals surface area contributed by atoms with Crippen LogP contribution in [0.5, 0.6) is 0 Å². The molecule has 0 aliphatic heterocycles. The number of aromatic amines is 1. The predicted molar refractivity (Wildman–Crippen MR) is 107 cm³/mol. The molecule has 1 N–H and O–H groups in total. The Morgan fingerprint density at radius 1 is 1.14 bits per heavy atom. The quantitative estimate of drug-likeness (QED) is 0.319. The highest BCUT2D eigenvalue weighted by atomic mass is 32.2. The standard InChI is InChI=1S/C20H16N4O3S/c1-27-19(26)14-9-7-13(8-10-14)12-28-20-22-17-16(11-21-23-17)18(25)24(20)15-5-3-2-4-6-15/h2-11H,12H2,1H3,(H,21,23). The van der Waals surface area contributed by atoms with Gasteiger partial charge in [0.1, 0.15) is 5.39 Å². The molecule has 4 rings (SSSR count). The van der Waals surface area contributed by atoms with Gasteiger partial charge in [-0.25, -0.2) is 9.78 Å². The topological polar surface area (TPSA) is 89.9 Å². The molecule has 0 radical (unpaired) electrons. The first-order valence-electron chi connectivity index (χ1n) is 8.49. The summed E-state index contributed by atoms with van der Waals surface area (Å²) in [6.07, 6.45) is 1.49. The van der Waals surface area contributed by atoms with E-state index in [0.717, 1.165) is 11.3 Å². The monoisotopic (exact) mass is 392 g/mol. The van der Waals surface area contributed by atoms with Gasteiger partial charge in [0.05, 0.1) is 24.6 Å². The molecule has 28 heavy (non-hydrogen) atoms. The van der Waals surface area contributed by atoms with Gasteiger partial charge in [0.15, 0.2) is 10.8 Å². The number of H-pyrrole nitrogens is 1. The minimum atomic E-state index is -0.372. The van der Waals surface area contributed by atoms with Crippen LogP contribution in [-0.4, -0.2) is 32.8 Å². The van der Waals surface area contributed by atoms with E-state index in [2.05, 4.69) is 15.2 Å². The molecule has 2 aromatic heterocycles. The summed E-state index contributed by atoms with van der Waals surface area (Å²) in [6, 6.07) is 16.5. The van der Waals surface area contributed by atoms with Crippen LogP contribution in [0.25, 0.3) is 16.7 Å². The molecule has 7 nitrogen and oxygen atoms in total. The van der Waals surface area contributed by atoms with Gasteiger partial charge in [-0.2, -0.15) is 5.10 Å². The smallest absolute Gasteiger partial charge is 0.337 e. The van der Waals surface area contributed by atoms with Gasteiger partial charge in [-0.15, -0.1) is 0 Å². The van der Waals surface area contributed by atoms with Gasteiger partial charge in [0, 0.05) is 5.75 Å². The van der Waals surface area contributed by atoms with Crippen molar-refractivity contribution in [1.29, 1.82) is 0 Å². The third kappa shape index (κ3) is 3.41. The molecule has 0 fully saturated rings. The average Bonchev–Trinajstić information content (AvgIpc) is 3.22. The van der Waals surface area contributed by atoms with E-state index in [4.69, 9.17) is 4.74 Å². The van der Waals surface area contributed by atoms with Gasteiger partial charge in [0.25, 0.3) is 5.56 Å². The summed E-state index contributed by atoms with van der Waals surface area (Å²) in [5.74, 6) is 0.212. The Balaban J connectivity index is 1.68. The molecule has 0 amide bonds. The van der Waals surface area contributed by atoms with Gasteiger partial charge in [-0.1, -0.05) is 42.1 Å². The number of esters is 1. The Labute approximate surface area is 164 Å². The lowest BCUT2D eigenvalue weighted by Gasteiger charge is -2.12. The lowest BCUT2D eigenvalue weighted by Crippen LogP contribution is -2.21. The number of methoxy groups -OCH3 is 1. The number of carbonyl (C=O) groups excluding carboxylic acids is 1. The maximum Gasteiger partial charge on any atom is 0.337 e. The van der Waals surface area contributed by atoms with Crippen LogP contribution in [0, 0.1) is 0 Å². The Hall–Kier alpha value is -3.39. The largest absolute Gasteiger partial charge is 0.465 e. The molecule has 2 heterocycles. The number of ether oxygens (including phenoxy) is 1. The molecule has 0 aliphatic carbocycles. The van der Waals surface area contributed by atoms with Crippen LogP contribution in [0.3, 0.4) is 0 Å². The number of para-hydroxylation sites is 1. The highest BCUT2D eigenvalue weighted by Crippen LogP contribution is 2.24. The molecular weight excluding hydrogens is 376 g/mol. The van der Waals surface area contributed by atoms with Crippen molar-refractivity contribution in [2.24, 2.45) is 0 Å². The van der Waals surface area contributed by atoms with Crippen molar-refractivity contribution in [3.63, 3.8) is 0 Å². The van der Waals surface area contributed by atoms with Crippen LogP contribution in [-0.2, 0) is 10.5 Å². The Morgan fingerprint density at radius 2 is 1.89 bits per heavy atom. The molecule has 0 unspecified atom stereocenters. The number of benzene rings is 2. The van der Waals surface area contributed by atoms with Gasteiger partial charge in [-0.05, 0) is 29.8 Å². The van der Waals surface area contributed by atoms with Crippen molar-refractivity contribution in [1.82, 2.24) is 19.7 Å². The zero-order valence-electron chi connectivity index (χ0n) is 15.0. The van der Waals surface area contributed by atoms with Crippen LogP contribution in [0.4, 0.5) is 0 Å². The fraction of sp³-hybridized carbons (Fsp3) is 0.100. The normalized spacial score (nSPS) is 10.9. The summed E-state index contributed by atoms with van der Waals surface area (Å²) in [6.45, 7) is 0. The first kappa shape index (κ1) is 18.0. The minimum Gasteiger partial charge on any atom is -0.465 e. The van der Waals surface area contributed by atoms with E-state index in [0.29, 0.717) is 27.5 Å². The first-order chi connectivity index (χ1) is 13.7. The third-order valence-electron chi connectivity index (χ3n) is 4.21. The number of hydrogen-bond acceptors (Lipinski definition) is 6. The number of carbonyl (C=O) groups is 1. The summed E-state index contributed by atoms with van der Waals surface area (Å²) in [5.41, 5.74) is 2.52. The second kappa shape index (κ2) is 7.69. The number of fused-ring (bicyclic) bond motifs is 1. The zero-order chi connectivity index (χ0) is 19.5. The molecule has 0 bridgehead atoms. The Kier molecular flexibility index (Phi) is 4.94. The molecule has 2 aromatic carbocycles.